The minimum absolute atomic E-state index is 0.201. The van der Waals surface area contributed by atoms with E-state index in [2.05, 4.69) is 10.2 Å². The van der Waals surface area contributed by atoms with Crippen LogP contribution < -0.4 is 5.32 Å². The topological polar surface area (TPSA) is 55.7 Å². The Morgan fingerprint density at radius 2 is 2.15 bits per heavy atom. The van der Waals surface area contributed by atoms with Crippen LogP contribution in [0.25, 0.3) is 0 Å². The number of aliphatic hydroxyl groups is 2. The quantitative estimate of drug-likeness (QED) is 0.469. The Bertz CT molecular complexity index is 133. The molecule has 1 aliphatic heterocycles. The second-order valence-corrected chi connectivity index (χ2v) is 3.48. The number of likely N-dealkylation sites (tertiary alicyclic amines) is 1. The molecule has 0 aromatic carbocycles. The molecule has 0 amide bonds. The molecule has 0 aliphatic carbocycles. The summed E-state index contributed by atoms with van der Waals surface area (Å²) in [5.41, 5.74) is 0. The summed E-state index contributed by atoms with van der Waals surface area (Å²) in [6.45, 7) is 3.94. The van der Waals surface area contributed by atoms with Crippen LogP contribution >= 0.6 is 0 Å². The van der Waals surface area contributed by atoms with Crippen molar-refractivity contribution in [1.82, 2.24) is 10.2 Å². The standard InChI is InChI=1S/C9H20N2O2/c12-6-3-10-8-9-2-1-4-11(9)5-7-13/h9-10,12-13H,1-8H2. The van der Waals surface area contributed by atoms with Crippen LogP contribution in [0.5, 0.6) is 0 Å². The highest BCUT2D eigenvalue weighted by atomic mass is 16.3. The highest BCUT2D eigenvalue weighted by Crippen LogP contribution is 2.15. The molecule has 0 aromatic heterocycles. The predicted octanol–water partition coefficient (Wildman–Crippen LogP) is -0.975. The van der Waals surface area contributed by atoms with E-state index in [1.165, 1.54) is 12.8 Å². The van der Waals surface area contributed by atoms with Crippen LogP contribution in [0, 0.1) is 0 Å². The summed E-state index contributed by atoms with van der Waals surface area (Å²) in [6.07, 6.45) is 2.43. The van der Waals surface area contributed by atoms with E-state index in [4.69, 9.17) is 10.2 Å². The van der Waals surface area contributed by atoms with Crippen LogP contribution in [-0.2, 0) is 0 Å². The molecule has 1 heterocycles. The predicted molar refractivity (Wildman–Crippen MR) is 51.6 cm³/mol. The first kappa shape index (κ1) is 10.9. The maximum Gasteiger partial charge on any atom is 0.0558 e. The zero-order valence-corrected chi connectivity index (χ0v) is 8.08. The number of nitrogens with one attached hydrogen (secondary N) is 1. The second kappa shape index (κ2) is 6.32. The van der Waals surface area contributed by atoms with Crippen molar-refractivity contribution in [3.05, 3.63) is 0 Å². The fourth-order valence-electron chi connectivity index (χ4n) is 1.90. The molecule has 3 N–H and O–H groups in total. The molecule has 1 unspecified atom stereocenters. The smallest absolute Gasteiger partial charge is 0.0558 e. The van der Waals surface area contributed by atoms with Gasteiger partial charge in [-0.25, -0.2) is 0 Å². The summed E-state index contributed by atoms with van der Waals surface area (Å²) in [7, 11) is 0. The highest BCUT2D eigenvalue weighted by molar-refractivity contribution is 4.80. The molecule has 0 saturated carbocycles. The number of nitrogens with zero attached hydrogens (tertiary/aromatic N) is 1. The molecule has 1 saturated heterocycles. The Balaban J connectivity index is 2.15. The summed E-state index contributed by atoms with van der Waals surface area (Å²) in [5.74, 6) is 0. The molecule has 4 heteroatoms. The van der Waals surface area contributed by atoms with Crippen molar-refractivity contribution in [3.8, 4) is 0 Å². The minimum atomic E-state index is 0.201. The maximum absolute atomic E-state index is 8.81. The van der Waals surface area contributed by atoms with Gasteiger partial charge in [0.25, 0.3) is 0 Å². The molecule has 4 nitrogen and oxygen atoms in total. The first-order chi connectivity index (χ1) is 6.38. The van der Waals surface area contributed by atoms with Crippen LogP contribution in [-0.4, -0.2) is 60.5 Å². The van der Waals surface area contributed by atoms with Gasteiger partial charge < -0.3 is 15.5 Å². The molecule has 13 heavy (non-hydrogen) atoms. The third-order valence-electron chi connectivity index (χ3n) is 2.55. The van der Waals surface area contributed by atoms with Crippen molar-refractivity contribution in [2.24, 2.45) is 0 Å². The summed E-state index contributed by atoms with van der Waals surface area (Å²) in [6, 6.07) is 0.554. The fraction of sp³-hybridized carbons (Fsp3) is 1.00. The zero-order valence-electron chi connectivity index (χ0n) is 8.08. The molecule has 1 aliphatic rings. The van der Waals surface area contributed by atoms with Crippen molar-refractivity contribution in [2.75, 3.05) is 39.4 Å². The first-order valence-electron chi connectivity index (χ1n) is 5.05. The highest BCUT2D eigenvalue weighted by Gasteiger charge is 2.22. The maximum atomic E-state index is 8.81. The summed E-state index contributed by atoms with van der Waals surface area (Å²) < 4.78 is 0. The van der Waals surface area contributed by atoms with E-state index in [0.717, 1.165) is 19.6 Å². The van der Waals surface area contributed by atoms with Gasteiger partial charge in [0.2, 0.25) is 0 Å². The van der Waals surface area contributed by atoms with Gasteiger partial charge in [0.15, 0.2) is 0 Å². The van der Waals surface area contributed by atoms with Gasteiger partial charge in [0, 0.05) is 25.7 Å². The molecule has 0 aromatic rings. The van der Waals surface area contributed by atoms with Crippen molar-refractivity contribution < 1.29 is 10.2 Å². The monoisotopic (exact) mass is 188 g/mol. The second-order valence-electron chi connectivity index (χ2n) is 3.48. The van der Waals surface area contributed by atoms with E-state index in [1.807, 2.05) is 0 Å². The van der Waals surface area contributed by atoms with Crippen LogP contribution in [0.3, 0.4) is 0 Å². The fourth-order valence-corrected chi connectivity index (χ4v) is 1.90. The molecule has 78 valence electrons. The number of hydrogen-bond donors (Lipinski definition) is 3. The van der Waals surface area contributed by atoms with Gasteiger partial charge in [0.1, 0.15) is 0 Å². The van der Waals surface area contributed by atoms with E-state index < -0.39 is 0 Å². The van der Waals surface area contributed by atoms with Gasteiger partial charge in [0.05, 0.1) is 13.2 Å². The Hall–Kier alpha value is -0.160. The SMILES string of the molecule is OCCNCC1CCCN1CCO. The normalized spacial score (nSPS) is 24.0. The van der Waals surface area contributed by atoms with Gasteiger partial charge in [-0.15, -0.1) is 0 Å². The van der Waals surface area contributed by atoms with E-state index in [-0.39, 0.29) is 13.2 Å². The third kappa shape index (κ3) is 3.60. The average Bonchev–Trinajstić information content (AvgIpc) is 2.54. The van der Waals surface area contributed by atoms with Crippen LogP contribution in [0.2, 0.25) is 0 Å². The molecule has 1 fully saturated rings. The van der Waals surface area contributed by atoms with Crippen LogP contribution in [0.1, 0.15) is 12.8 Å². The molecule has 0 spiro atoms. The van der Waals surface area contributed by atoms with Crippen molar-refractivity contribution in [2.45, 2.75) is 18.9 Å². The molecule has 1 rings (SSSR count). The number of rotatable bonds is 6. The van der Waals surface area contributed by atoms with Crippen molar-refractivity contribution >= 4 is 0 Å². The van der Waals surface area contributed by atoms with E-state index in [9.17, 15) is 0 Å². The summed E-state index contributed by atoms with van der Waals surface area (Å²) >= 11 is 0. The van der Waals surface area contributed by atoms with Gasteiger partial charge in [-0.2, -0.15) is 0 Å². The number of β-amino-alcohol motifs (C(OH)–C–C–N with tert-alkyl or cyclic N) is 1. The average molecular weight is 188 g/mol. The largest absolute Gasteiger partial charge is 0.395 e. The Morgan fingerprint density at radius 1 is 1.31 bits per heavy atom. The lowest BCUT2D eigenvalue weighted by molar-refractivity contribution is 0.180. The summed E-state index contributed by atoms with van der Waals surface area (Å²) in [5, 5.41) is 20.6. The van der Waals surface area contributed by atoms with Crippen molar-refractivity contribution in [3.63, 3.8) is 0 Å². The van der Waals surface area contributed by atoms with E-state index in [1.54, 1.807) is 0 Å². The molecular weight excluding hydrogens is 168 g/mol. The van der Waals surface area contributed by atoms with Crippen LogP contribution in [0.4, 0.5) is 0 Å². The number of aliphatic hydroxyl groups excluding tert-OH is 2. The first-order valence-corrected chi connectivity index (χ1v) is 5.05. The Morgan fingerprint density at radius 3 is 2.85 bits per heavy atom. The lowest BCUT2D eigenvalue weighted by Gasteiger charge is -2.23. The van der Waals surface area contributed by atoms with Gasteiger partial charge in [-0.05, 0) is 19.4 Å². The van der Waals surface area contributed by atoms with Crippen molar-refractivity contribution in [1.29, 1.82) is 0 Å². The number of hydrogen-bond acceptors (Lipinski definition) is 4. The van der Waals surface area contributed by atoms with Gasteiger partial charge in [-0.1, -0.05) is 0 Å². The third-order valence-corrected chi connectivity index (χ3v) is 2.55. The lowest BCUT2D eigenvalue weighted by atomic mass is 10.2. The Labute approximate surface area is 79.6 Å². The molecule has 0 bridgehead atoms. The van der Waals surface area contributed by atoms with E-state index >= 15 is 0 Å². The zero-order chi connectivity index (χ0) is 9.52. The Kier molecular flexibility index (Phi) is 5.31. The summed E-state index contributed by atoms with van der Waals surface area (Å²) in [4.78, 5) is 2.31. The molecule has 1 atom stereocenters. The minimum Gasteiger partial charge on any atom is -0.395 e. The van der Waals surface area contributed by atoms with Gasteiger partial charge >= 0.3 is 0 Å². The molecule has 0 radical (unpaired) electrons. The van der Waals surface area contributed by atoms with Gasteiger partial charge in [-0.3, -0.25) is 4.90 Å². The van der Waals surface area contributed by atoms with Crippen LogP contribution in [0.15, 0.2) is 0 Å². The molecular formula is C9H20N2O2. The van der Waals surface area contributed by atoms with E-state index in [0.29, 0.717) is 12.6 Å². The lowest BCUT2D eigenvalue weighted by Crippen LogP contribution is -2.40.